The third-order valence-electron chi connectivity index (χ3n) is 1.79. The molecule has 4 heteroatoms. The van der Waals surface area contributed by atoms with E-state index in [4.69, 9.17) is 9.47 Å². The maximum absolute atomic E-state index is 11.2. The second-order valence-electron chi connectivity index (χ2n) is 2.80. The Hall–Kier alpha value is -1.84. The summed E-state index contributed by atoms with van der Waals surface area (Å²) < 4.78 is 9.52. The topological polar surface area (TPSA) is 52.6 Å². The second kappa shape index (κ2) is 5.80. The van der Waals surface area contributed by atoms with E-state index in [1.807, 2.05) is 0 Å². The fraction of sp³-hybridized carbons (Fsp3) is 0.273. The van der Waals surface area contributed by atoms with Gasteiger partial charge >= 0.3 is 5.97 Å². The number of carbonyl (C=O) groups is 2. The first kappa shape index (κ1) is 11.2. The van der Waals surface area contributed by atoms with Gasteiger partial charge in [-0.25, -0.2) is 0 Å². The second-order valence-corrected chi connectivity index (χ2v) is 2.80. The Morgan fingerprint density at radius 2 is 2.13 bits per heavy atom. The van der Waals surface area contributed by atoms with Gasteiger partial charge < -0.3 is 9.47 Å². The molecule has 0 spiro atoms. The summed E-state index contributed by atoms with van der Waals surface area (Å²) >= 11 is 0. The average molecular weight is 208 g/mol. The summed E-state index contributed by atoms with van der Waals surface area (Å²) in [7, 11) is 0. The van der Waals surface area contributed by atoms with Crippen LogP contribution in [0.1, 0.15) is 12.5 Å². The van der Waals surface area contributed by atoms with E-state index in [0.29, 0.717) is 24.4 Å². The Bertz CT molecular complexity index is 346. The number of benzene rings is 1. The van der Waals surface area contributed by atoms with Crippen LogP contribution in [0.5, 0.6) is 5.75 Å². The standard InChI is InChI=1S/C11H12O4/c1-2-14-11(13)7-9-5-3-4-6-10(9)15-8-12/h3-6,8H,2,7H2,1H3. The monoisotopic (exact) mass is 208 g/mol. The third-order valence-corrected chi connectivity index (χ3v) is 1.79. The number of hydrogen-bond acceptors (Lipinski definition) is 4. The molecule has 0 aliphatic carbocycles. The van der Waals surface area contributed by atoms with Crippen LogP contribution in [0.15, 0.2) is 24.3 Å². The first-order valence-corrected chi connectivity index (χ1v) is 4.61. The van der Waals surface area contributed by atoms with Crippen molar-refractivity contribution in [2.75, 3.05) is 6.61 Å². The maximum atomic E-state index is 11.2. The molecule has 1 aromatic rings. The molecule has 15 heavy (non-hydrogen) atoms. The van der Waals surface area contributed by atoms with E-state index < -0.39 is 0 Å². The van der Waals surface area contributed by atoms with Crippen molar-refractivity contribution in [3.63, 3.8) is 0 Å². The predicted molar refractivity (Wildman–Crippen MR) is 53.5 cm³/mol. The Balaban J connectivity index is 2.74. The molecular weight excluding hydrogens is 196 g/mol. The molecule has 0 saturated carbocycles. The minimum Gasteiger partial charge on any atom is -0.466 e. The lowest BCUT2D eigenvalue weighted by Gasteiger charge is -2.06. The van der Waals surface area contributed by atoms with Crippen molar-refractivity contribution in [1.82, 2.24) is 0 Å². The van der Waals surface area contributed by atoms with Gasteiger partial charge in [0.1, 0.15) is 5.75 Å². The zero-order chi connectivity index (χ0) is 11.1. The molecule has 1 aromatic carbocycles. The van der Waals surface area contributed by atoms with E-state index in [2.05, 4.69) is 0 Å². The number of rotatable bonds is 5. The van der Waals surface area contributed by atoms with Crippen LogP contribution in [-0.4, -0.2) is 19.0 Å². The zero-order valence-corrected chi connectivity index (χ0v) is 8.43. The van der Waals surface area contributed by atoms with Gasteiger partial charge in [0.05, 0.1) is 13.0 Å². The SMILES string of the molecule is CCOC(=O)Cc1ccccc1OC=O. The highest BCUT2D eigenvalue weighted by atomic mass is 16.5. The summed E-state index contributed by atoms with van der Waals surface area (Å²) in [5.41, 5.74) is 0.642. The van der Waals surface area contributed by atoms with E-state index in [1.165, 1.54) is 0 Å². The molecule has 0 aliphatic rings. The summed E-state index contributed by atoms with van der Waals surface area (Å²) in [5.74, 6) is 0.0556. The van der Waals surface area contributed by atoms with E-state index >= 15 is 0 Å². The Morgan fingerprint density at radius 3 is 2.80 bits per heavy atom. The minimum absolute atomic E-state index is 0.109. The lowest BCUT2D eigenvalue weighted by Crippen LogP contribution is -2.08. The molecule has 0 fully saturated rings. The molecule has 0 aliphatic heterocycles. The largest absolute Gasteiger partial charge is 0.466 e. The molecule has 0 aromatic heterocycles. The summed E-state index contributed by atoms with van der Waals surface area (Å²) in [6.45, 7) is 2.42. The zero-order valence-electron chi connectivity index (χ0n) is 8.43. The molecule has 0 heterocycles. The van der Waals surface area contributed by atoms with Gasteiger partial charge in [0.15, 0.2) is 0 Å². The van der Waals surface area contributed by atoms with Gasteiger partial charge in [0, 0.05) is 5.56 Å². The Morgan fingerprint density at radius 1 is 1.40 bits per heavy atom. The summed E-state index contributed by atoms with van der Waals surface area (Å²) in [5, 5.41) is 0. The van der Waals surface area contributed by atoms with Gasteiger partial charge in [-0.2, -0.15) is 0 Å². The quantitative estimate of drug-likeness (QED) is 0.541. The molecule has 0 amide bonds. The van der Waals surface area contributed by atoms with Gasteiger partial charge in [-0.05, 0) is 13.0 Å². The van der Waals surface area contributed by atoms with Crippen molar-refractivity contribution < 1.29 is 19.1 Å². The van der Waals surface area contributed by atoms with Crippen LogP contribution in [0.2, 0.25) is 0 Å². The van der Waals surface area contributed by atoms with E-state index in [-0.39, 0.29) is 12.4 Å². The van der Waals surface area contributed by atoms with Crippen molar-refractivity contribution in [3.8, 4) is 5.75 Å². The predicted octanol–water partition coefficient (Wildman–Crippen LogP) is 1.33. The highest BCUT2D eigenvalue weighted by Gasteiger charge is 2.08. The normalized spacial score (nSPS) is 9.40. The minimum atomic E-state index is -0.334. The molecule has 0 bridgehead atoms. The van der Waals surface area contributed by atoms with Gasteiger partial charge in [-0.1, -0.05) is 18.2 Å². The van der Waals surface area contributed by atoms with Crippen molar-refractivity contribution in [2.24, 2.45) is 0 Å². The van der Waals surface area contributed by atoms with Gasteiger partial charge in [-0.15, -0.1) is 0 Å². The molecule has 4 nitrogen and oxygen atoms in total. The van der Waals surface area contributed by atoms with Crippen LogP contribution in [0.25, 0.3) is 0 Å². The van der Waals surface area contributed by atoms with Crippen molar-refractivity contribution in [2.45, 2.75) is 13.3 Å². The first-order chi connectivity index (χ1) is 7.27. The summed E-state index contributed by atoms with van der Waals surface area (Å²) in [6, 6.07) is 6.85. The average Bonchev–Trinajstić information content (AvgIpc) is 2.21. The third kappa shape index (κ3) is 3.42. The van der Waals surface area contributed by atoms with Gasteiger partial charge in [-0.3, -0.25) is 9.59 Å². The molecule has 0 unspecified atom stereocenters. The smallest absolute Gasteiger partial charge is 0.310 e. The number of ether oxygens (including phenoxy) is 2. The lowest BCUT2D eigenvalue weighted by molar-refractivity contribution is -0.142. The van der Waals surface area contributed by atoms with Crippen LogP contribution in [-0.2, 0) is 20.7 Å². The Kier molecular flexibility index (Phi) is 4.34. The lowest BCUT2D eigenvalue weighted by atomic mass is 10.1. The number of hydrogen-bond donors (Lipinski definition) is 0. The molecule has 0 saturated heterocycles. The number of carbonyl (C=O) groups excluding carboxylic acids is 2. The summed E-state index contributed by atoms with van der Waals surface area (Å²) in [4.78, 5) is 21.4. The first-order valence-electron chi connectivity index (χ1n) is 4.61. The van der Waals surface area contributed by atoms with E-state index in [9.17, 15) is 9.59 Å². The highest BCUT2D eigenvalue weighted by Crippen LogP contribution is 2.18. The molecular formula is C11H12O4. The molecule has 80 valence electrons. The number of esters is 1. The van der Waals surface area contributed by atoms with Crippen molar-refractivity contribution in [3.05, 3.63) is 29.8 Å². The van der Waals surface area contributed by atoms with Crippen LogP contribution < -0.4 is 4.74 Å². The molecule has 1 rings (SSSR count). The summed E-state index contributed by atoms with van der Waals surface area (Å²) in [6.07, 6.45) is 0.109. The van der Waals surface area contributed by atoms with Crippen LogP contribution in [0.3, 0.4) is 0 Å². The van der Waals surface area contributed by atoms with Crippen LogP contribution in [0.4, 0.5) is 0 Å². The number of para-hydroxylation sites is 1. The fourth-order valence-electron chi connectivity index (χ4n) is 1.18. The fourth-order valence-corrected chi connectivity index (χ4v) is 1.18. The van der Waals surface area contributed by atoms with Crippen molar-refractivity contribution in [1.29, 1.82) is 0 Å². The molecule has 0 N–H and O–H groups in total. The van der Waals surface area contributed by atoms with E-state index in [0.717, 1.165) is 0 Å². The maximum Gasteiger partial charge on any atom is 0.310 e. The molecule has 0 radical (unpaired) electrons. The van der Waals surface area contributed by atoms with Crippen LogP contribution in [0, 0.1) is 0 Å². The Labute approximate surface area is 87.8 Å². The van der Waals surface area contributed by atoms with Gasteiger partial charge in [0.25, 0.3) is 6.47 Å². The van der Waals surface area contributed by atoms with Crippen molar-refractivity contribution >= 4 is 12.4 Å². The van der Waals surface area contributed by atoms with E-state index in [1.54, 1.807) is 31.2 Å². The van der Waals surface area contributed by atoms with Gasteiger partial charge in [0.2, 0.25) is 0 Å². The molecule has 0 atom stereocenters. The highest BCUT2D eigenvalue weighted by molar-refractivity contribution is 5.73. The van der Waals surface area contributed by atoms with Crippen LogP contribution >= 0.6 is 0 Å².